The Bertz CT molecular complexity index is 503. The third-order valence-corrected chi connectivity index (χ3v) is 3.12. The van der Waals surface area contributed by atoms with Crippen LogP contribution in [0.3, 0.4) is 0 Å². The predicted octanol–water partition coefficient (Wildman–Crippen LogP) is 1.35. The van der Waals surface area contributed by atoms with Gasteiger partial charge in [-0.2, -0.15) is 4.98 Å². The summed E-state index contributed by atoms with van der Waals surface area (Å²) >= 11 is 1.55. The van der Waals surface area contributed by atoms with Gasteiger partial charge in [0.15, 0.2) is 0 Å². The van der Waals surface area contributed by atoms with Gasteiger partial charge in [0, 0.05) is 13.7 Å². The summed E-state index contributed by atoms with van der Waals surface area (Å²) in [5, 5.41) is 6.16. The van der Waals surface area contributed by atoms with Crippen LogP contribution in [0.2, 0.25) is 0 Å². The highest BCUT2D eigenvalue weighted by Gasteiger charge is 2.06. The fourth-order valence-corrected chi connectivity index (χ4v) is 2.26. The molecule has 3 N–H and O–H groups in total. The van der Waals surface area contributed by atoms with Crippen molar-refractivity contribution < 1.29 is 9.47 Å². The molecule has 0 aliphatic carbocycles. The quantitative estimate of drug-likeness (QED) is 0.738. The lowest BCUT2D eigenvalue weighted by Gasteiger charge is -2.07. The summed E-state index contributed by atoms with van der Waals surface area (Å²) in [7, 11) is 1.65. The number of hydrogen-bond donors (Lipinski definition) is 2. The van der Waals surface area contributed by atoms with Crippen molar-refractivity contribution in [2.45, 2.75) is 0 Å². The van der Waals surface area contributed by atoms with Gasteiger partial charge in [-0.15, -0.1) is 11.3 Å². The Kier molecular flexibility index (Phi) is 4.68. The fourth-order valence-electron chi connectivity index (χ4n) is 1.49. The molecule has 0 aromatic carbocycles. The third-order valence-electron chi connectivity index (χ3n) is 2.31. The van der Waals surface area contributed by atoms with E-state index in [2.05, 4.69) is 15.3 Å². The van der Waals surface area contributed by atoms with Crippen molar-refractivity contribution in [3.8, 4) is 0 Å². The zero-order chi connectivity index (χ0) is 12.8. The number of aromatic nitrogens is 2. The second-order valence-corrected chi connectivity index (χ2v) is 4.50. The normalized spacial score (nSPS) is 10.9. The standard InChI is InChI=1S/C11H16N4O2S/c1-16-5-6-17-4-3-13-9-8-2-7-18-10(8)15-11(12)14-9/h2,7H,3-6H2,1H3,(H3,12,13,14,15). The first kappa shape index (κ1) is 13.0. The maximum Gasteiger partial charge on any atom is 0.223 e. The number of anilines is 2. The van der Waals surface area contributed by atoms with Gasteiger partial charge >= 0.3 is 0 Å². The van der Waals surface area contributed by atoms with Crippen molar-refractivity contribution in [2.24, 2.45) is 0 Å². The van der Waals surface area contributed by atoms with E-state index in [-0.39, 0.29) is 5.95 Å². The molecular weight excluding hydrogens is 252 g/mol. The molecule has 0 saturated carbocycles. The zero-order valence-electron chi connectivity index (χ0n) is 10.2. The van der Waals surface area contributed by atoms with Gasteiger partial charge in [-0.3, -0.25) is 0 Å². The number of methoxy groups -OCH3 is 1. The number of nitrogen functional groups attached to an aromatic ring is 1. The number of nitrogens with one attached hydrogen (secondary N) is 1. The second-order valence-electron chi connectivity index (χ2n) is 3.60. The van der Waals surface area contributed by atoms with Gasteiger partial charge in [0.05, 0.1) is 25.2 Å². The maximum absolute atomic E-state index is 5.65. The maximum atomic E-state index is 5.65. The highest BCUT2D eigenvalue weighted by atomic mass is 32.1. The summed E-state index contributed by atoms with van der Waals surface area (Å²) in [4.78, 5) is 9.25. The number of rotatable bonds is 7. The highest BCUT2D eigenvalue weighted by molar-refractivity contribution is 7.16. The molecule has 0 radical (unpaired) electrons. The van der Waals surface area contributed by atoms with Gasteiger partial charge in [0.25, 0.3) is 0 Å². The summed E-state index contributed by atoms with van der Waals surface area (Å²) < 4.78 is 10.2. The van der Waals surface area contributed by atoms with Crippen molar-refractivity contribution in [2.75, 3.05) is 44.5 Å². The van der Waals surface area contributed by atoms with Gasteiger partial charge in [-0.25, -0.2) is 4.98 Å². The fraction of sp³-hybridized carbons (Fsp3) is 0.455. The number of ether oxygens (including phenoxy) is 2. The summed E-state index contributed by atoms with van der Waals surface area (Å²) in [6.45, 7) is 2.47. The minimum atomic E-state index is 0.285. The van der Waals surface area contributed by atoms with Crippen LogP contribution >= 0.6 is 11.3 Å². The van der Waals surface area contributed by atoms with Crippen LogP contribution in [-0.2, 0) is 9.47 Å². The number of thiophene rings is 1. The molecule has 2 heterocycles. The topological polar surface area (TPSA) is 82.3 Å². The molecule has 0 amide bonds. The summed E-state index contributed by atoms with van der Waals surface area (Å²) in [6.07, 6.45) is 0. The Hall–Kier alpha value is -1.44. The number of hydrogen-bond acceptors (Lipinski definition) is 7. The Labute approximate surface area is 109 Å². The first-order valence-electron chi connectivity index (χ1n) is 5.62. The van der Waals surface area contributed by atoms with Crippen LogP contribution in [-0.4, -0.2) is 43.4 Å². The molecule has 2 aromatic rings. The first-order valence-corrected chi connectivity index (χ1v) is 6.50. The molecule has 2 rings (SSSR count). The first-order chi connectivity index (χ1) is 8.81. The van der Waals surface area contributed by atoms with Crippen LogP contribution in [0.15, 0.2) is 11.4 Å². The lowest BCUT2D eigenvalue weighted by molar-refractivity contribution is 0.0759. The van der Waals surface area contributed by atoms with Gasteiger partial charge in [-0.05, 0) is 11.4 Å². The van der Waals surface area contributed by atoms with Crippen LogP contribution in [0.25, 0.3) is 10.2 Å². The minimum Gasteiger partial charge on any atom is -0.382 e. The van der Waals surface area contributed by atoms with Gasteiger partial charge in [-0.1, -0.05) is 0 Å². The molecule has 0 saturated heterocycles. The minimum absolute atomic E-state index is 0.285. The lowest BCUT2D eigenvalue weighted by Crippen LogP contribution is -2.13. The summed E-state index contributed by atoms with van der Waals surface area (Å²) in [5.41, 5.74) is 5.65. The molecule has 0 atom stereocenters. The zero-order valence-corrected chi connectivity index (χ0v) is 11.0. The molecule has 7 heteroatoms. The van der Waals surface area contributed by atoms with Gasteiger partial charge in [0.1, 0.15) is 10.6 Å². The number of nitrogens with zero attached hydrogens (tertiary/aromatic N) is 2. The van der Waals surface area contributed by atoms with E-state index >= 15 is 0 Å². The van der Waals surface area contributed by atoms with Crippen LogP contribution in [0.4, 0.5) is 11.8 Å². The smallest absolute Gasteiger partial charge is 0.223 e. The average molecular weight is 268 g/mol. The van der Waals surface area contributed by atoms with E-state index < -0.39 is 0 Å². The summed E-state index contributed by atoms with van der Waals surface area (Å²) in [5.74, 6) is 1.04. The Morgan fingerprint density at radius 3 is 3.06 bits per heavy atom. The van der Waals surface area contributed by atoms with E-state index in [1.165, 1.54) is 0 Å². The molecule has 2 aromatic heterocycles. The molecule has 0 aliphatic rings. The van der Waals surface area contributed by atoms with E-state index in [1.54, 1.807) is 18.4 Å². The largest absolute Gasteiger partial charge is 0.382 e. The van der Waals surface area contributed by atoms with Gasteiger partial charge in [0.2, 0.25) is 5.95 Å². The molecule has 0 unspecified atom stereocenters. The van der Waals surface area contributed by atoms with E-state index in [1.807, 2.05) is 11.4 Å². The SMILES string of the molecule is COCCOCCNc1nc(N)nc2sccc12. The molecule has 0 bridgehead atoms. The molecule has 98 valence electrons. The van der Waals surface area contributed by atoms with E-state index in [0.29, 0.717) is 26.4 Å². The van der Waals surface area contributed by atoms with E-state index in [4.69, 9.17) is 15.2 Å². The van der Waals surface area contributed by atoms with Gasteiger partial charge < -0.3 is 20.5 Å². The molecule has 0 spiro atoms. The second kappa shape index (κ2) is 6.48. The highest BCUT2D eigenvalue weighted by Crippen LogP contribution is 2.25. The summed E-state index contributed by atoms with van der Waals surface area (Å²) in [6, 6.07) is 1.98. The predicted molar refractivity (Wildman–Crippen MR) is 73.0 cm³/mol. The van der Waals surface area contributed by atoms with Crippen molar-refractivity contribution >= 4 is 33.3 Å². The Morgan fingerprint density at radius 1 is 1.33 bits per heavy atom. The van der Waals surface area contributed by atoms with Crippen molar-refractivity contribution in [3.63, 3.8) is 0 Å². The molecule has 6 nitrogen and oxygen atoms in total. The monoisotopic (exact) mass is 268 g/mol. The number of fused-ring (bicyclic) bond motifs is 1. The lowest BCUT2D eigenvalue weighted by atomic mass is 10.4. The molecule has 0 aliphatic heterocycles. The Morgan fingerprint density at radius 2 is 2.22 bits per heavy atom. The van der Waals surface area contributed by atoms with Crippen LogP contribution < -0.4 is 11.1 Å². The van der Waals surface area contributed by atoms with Crippen molar-refractivity contribution in [1.82, 2.24) is 9.97 Å². The Balaban J connectivity index is 1.89. The van der Waals surface area contributed by atoms with E-state index in [9.17, 15) is 0 Å². The van der Waals surface area contributed by atoms with Crippen LogP contribution in [0.1, 0.15) is 0 Å². The van der Waals surface area contributed by atoms with Crippen molar-refractivity contribution in [1.29, 1.82) is 0 Å². The molecular formula is C11H16N4O2S. The number of nitrogens with two attached hydrogens (primary N) is 1. The van der Waals surface area contributed by atoms with Crippen LogP contribution in [0, 0.1) is 0 Å². The third kappa shape index (κ3) is 3.28. The van der Waals surface area contributed by atoms with Crippen LogP contribution in [0.5, 0.6) is 0 Å². The molecule has 0 fully saturated rings. The molecule has 18 heavy (non-hydrogen) atoms. The van der Waals surface area contributed by atoms with Crippen molar-refractivity contribution in [3.05, 3.63) is 11.4 Å². The van der Waals surface area contributed by atoms with E-state index in [0.717, 1.165) is 16.0 Å². The average Bonchev–Trinajstić information content (AvgIpc) is 2.81.